The van der Waals surface area contributed by atoms with Crippen LogP contribution in [0.5, 0.6) is 5.75 Å². The molecule has 1 aromatic rings. The first-order chi connectivity index (χ1) is 9.80. The van der Waals surface area contributed by atoms with Crippen LogP contribution in [-0.4, -0.2) is 34.1 Å². The molecule has 7 heteroatoms. The van der Waals surface area contributed by atoms with Crippen LogP contribution >= 0.6 is 0 Å². The Balaban J connectivity index is 3.21. The zero-order valence-corrected chi connectivity index (χ0v) is 13.5. The Morgan fingerprint density at radius 2 is 1.90 bits per heavy atom. The zero-order chi connectivity index (χ0) is 16.1. The maximum Gasteiger partial charge on any atom is 0.326 e. The van der Waals surface area contributed by atoms with Crippen LogP contribution in [-0.2, 0) is 19.6 Å². The van der Waals surface area contributed by atoms with E-state index in [2.05, 4.69) is 4.72 Å². The van der Waals surface area contributed by atoms with Gasteiger partial charge in [0.15, 0.2) is 0 Å². The van der Waals surface area contributed by atoms with Crippen LogP contribution in [0.2, 0.25) is 0 Å². The topological polar surface area (TPSA) is 81.7 Å². The maximum atomic E-state index is 12.5. The number of sulfonamides is 1. The van der Waals surface area contributed by atoms with E-state index in [1.54, 1.807) is 18.2 Å². The van der Waals surface area contributed by atoms with Crippen molar-refractivity contribution in [3.05, 3.63) is 24.3 Å². The second-order valence-corrected chi connectivity index (χ2v) is 6.48. The van der Waals surface area contributed by atoms with Gasteiger partial charge < -0.3 is 9.47 Å². The van der Waals surface area contributed by atoms with Crippen molar-refractivity contribution in [2.24, 2.45) is 0 Å². The molecule has 0 amide bonds. The summed E-state index contributed by atoms with van der Waals surface area (Å²) in [4.78, 5) is 11.9. The number of hydrogen-bond donors (Lipinski definition) is 1. The monoisotopic (exact) mass is 315 g/mol. The highest BCUT2D eigenvalue weighted by atomic mass is 32.2. The summed E-state index contributed by atoms with van der Waals surface area (Å²) in [5.74, 6) is -0.406. The molecule has 0 unspecified atom stereocenters. The molecule has 6 nitrogen and oxygen atoms in total. The van der Waals surface area contributed by atoms with Crippen molar-refractivity contribution < 1.29 is 22.7 Å². The maximum absolute atomic E-state index is 12.5. The number of carbonyl (C=O) groups excluding carboxylic acids is 1. The van der Waals surface area contributed by atoms with Gasteiger partial charge in [0.25, 0.3) is 0 Å². The number of hydrogen-bond acceptors (Lipinski definition) is 5. The predicted molar refractivity (Wildman–Crippen MR) is 78.6 cm³/mol. The predicted octanol–water partition coefficient (Wildman–Crippen LogP) is 1.71. The summed E-state index contributed by atoms with van der Waals surface area (Å²) in [7, 11) is -1.30. The van der Waals surface area contributed by atoms with E-state index in [0.717, 1.165) is 0 Å². The quantitative estimate of drug-likeness (QED) is 0.775. The van der Waals surface area contributed by atoms with Crippen molar-refractivity contribution in [2.45, 2.75) is 37.1 Å². The minimum absolute atomic E-state index is 0.0151. The Hall–Kier alpha value is -1.60. The highest BCUT2D eigenvalue weighted by molar-refractivity contribution is 7.89. The highest BCUT2D eigenvalue weighted by Gasteiger charge is 2.38. The van der Waals surface area contributed by atoms with Crippen molar-refractivity contribution in [3.8, 4) is 5.75 Å². The molecule has 0 aliphatic carbocycles. The molecule has 0 spiro atoms. The van der Waals surface area contributed by atoms with Crippen LogP contribution in [0.4, 0.5) is 0 Å². The molecule has 0 aromatic heterocycles. The van der Waals surface area contributed by atoms with Gasteiger partial charge >= 0.3 is 5.97 Å². The molecule has 0 saturated carbocycles. The SMILES string of the molecule is CCC[C@@](C)(NS(=O)(=O)c1ccccc1OC)C(=O)OC. The van der Waals surface area contributed by atoms with E-state index < -0.39 is 21.5 Å². The Labute approximate surface area is 125 Å². The summed E-state index contributed by atoms with van der Waals surface area (Å²) in [5.41, 5.74) is -1.32. The summed E-state index contributed by atoms with van der Waals surface area (Å²) in [6, 6.07) is 6.23. The molecule has 0 heterocycles. The first-order valence-corrected chi connectivity index (χ1v) is 8.04. The summed E-state index contributed by atoms with van der Waals surface area (Å²) < 4.78 is 37.2. The normalized spacial score (nSPS) is 14.3. The first kappa shape index (κ1) is 17.5. The van der Waals surface area contributed by atoms with E-state index in [9.17, 15) is 13.2 Å². The molecular weight excluding hydrogens is 294 g/mol. The molecule has 1 atom stereocenters. The molecule has 1 N–H and O–H groups in total. The van der Waals surface area contributed by atoms with E-state index in [0.29, 0.717) is 12.8 Å². The average Bonchev–Trinajstić information content (AvgIpc) is 2.45. The number of esters is 1. The fourth-order valence-corrected chi connectivity index (χ4v) is 3.67. The van der Waals surface area contributed by atoms with E-state index in [1.807, 2.05) is 6.92 Å². The van der Waals surface area contributed by atoms with E-state index in [-0.39, 0.29) is 10.6 Å². The fraction of sp³-hybridized carbons (Fsp3) is 0.500. The second kappa shape index (κ2) is 6.91. The molecule has 0 bridgehead atoms. The number of ether oxygens (including phenoxy) is 2. The van der Waals surface area contributed by atoms with Gasteiger partial charge in [0, 0.05) is 0 Å². The molecule has 118 valence electrons. The van der Waals surface area contributed by atoms with Crippen LogP contribution < -0.4 is 9.46 Å². The molecule has 0 fully saturated rings. The van der Waals surface area contributed by atoms with Crippen LogP contribution in [0.3, 0.4) is 0 Å². The lowest BCUT2D eigenvalue weighted by Crippen LogP contribution is -2.52. The minimum Gasteiger partial charge on any atom is -0.495 e. The van der Waals surface area contributed by atoms with Crippen molar-refractivity contribution in [3.63, 3.8) is 0 Å². The Morgan fingerprint density at radius 1 is 1.29 bits per heavy atom. The average molecular weight is 315 g/mol. The lowest BCUT2D eigenvalue weighted by Gasteiger charge is -2.27. The number of benzene rings is 1. The number of para-hydroxylation sites is 1. The minimum atomic E-state index is -3.91. The van der Waals surface area contributed by atoms with Crippen LogP contribution in [0.1, 0.15) is 26.7 Å². The molecule has 0 saturated heterocycles. The number of methoxy groups -OCH3 is 2. The molecule has 0 radical (unpaired) electrons. The van der Waals surface area contributed by atoms with Gasteiger partial charge in [-0.15, -0.1) is 0 Å². The third-order valence-electron chi connectivity index (χ3n) is 3.10. The van der Waals surface area contributed by atoms with Crippen LogP contribution in [0.25, 0.3) is 0 Å². The summed E-state index contributed by atoms with van der Waals surface area (Å²) in [6.07, 6.45) is 0.952. The molecule has 21 heavy (non-hydrogen) atoms. The van der Waals surface area contributed by atoms with Gasteiger partial charge in [0.2, 0.25) is 10.0 Å². The molecule has 1 aromatic carbocycles. The number of nitrogens with one attached hydrogen (secondary N) is 1. The Morgan fingerprint density at radius 3 is 2.43 bits per heavy atom. The van der Waals surface area contributed by atoms with Gasteiger partial charge in [0.1, 0.15) is 16.2 Å². The second-order valence-electron chi connectivity index (χ2n) is 4.83. The van der Waals surface area contributed by atoms with Gasteiger partial charge in [-0.1, -0.05) is 25.5 Å². The Bertz CT molecular complexity index is 599. The standard InChI is InChI=1S/C14H21NO5S/c1-5-10-14(2,13(16)20-4)15-21(17,18)12-9-7-6-8-11(12)19-3/h6-9,15H,5,10H2,1-4H3/t14-/m1/s1. The zero-order valence-electron chi connectivity index (χ0n) is 12.7. The molecule has 0 aliphatic rings. The third-order valence-corrected chi connectivity index (χ3v) is 4.74. The van der Waals surface area contributed by atoms with Gasteiger partial charge in [-0.25, -0.2) is 8.42 Å². The smallest absolute Gasteiger partial charge is 0.326 e. The summed E-state index contributed by atoms with van der Waals surface area (Å²) in [6.45, 7) is 3.37. The summed E-state index contributed by atoms with van der Waals surface area (Å²) >= 11 is 0. The molecule has 1 rings (SSSR count). The first-order valence-electron chi connectivity index (χ1n) is 6.56. The van der Waals surface area contributed by atoms with E-state index >= 15 is 0 Å². The number of rotatable bonds is 7. The lowest BCUT2D eigenvalue weighted by atomic mass is 9.98. The van der Waals surface area contributed by atoms with Crippen molar-refractivity contribution >= 4 is 16.0 Å². The van der Waals surface area contributed by atoms with Gasteiger partial charge in [-0.2, -0.15) is 4.72 Å². The largest absolute Gasteiger partial charge is 0.495 e. The van der Waals surface area contributed by atoms with Gasteiger partial charge in [-0.05, 0) is 25.5 Å². The fourth-order valence-electron chi connectivity index (χ4n) is 2.11. The molecular formula is C14H21NO5S. The van der Waals surface area contributed by atoms with Crippen LogP contribution in [0.15, 0.2) is 29.2 Å². The van der Waals surface area contributed by atoms with Crippen LogP contribution in [0, 0.1) is 0 Å². The summed E-state index contributed by atoms with van der Waals surface area (Å²) in [5, 5.41) is 0. The number of carbonyl (C=O) groups is 1. The van der Waals surface area contributed by atoms with E-state index in [4.69, 9.17) is 9.47 Å². The van der Waals surface area contributed by atoms with Crippen molar-refractivity contribution in [1.29, 1.82) is 0 Å². The molecule has 0 aliphatic heterocycles. The van der Waals surface area contributed by atoms with Crippen molar-refractivity contribution in [2.75, 3.05) is 14.2 Å². The van der Waals surface area contributed by atoms with Crippen molar-refractivity contribution in [1.82, 2.24) is 4.72 Å². The Kier molecular flexibility index (Phi) is 5.74. The van der Waals surface area contributed by atoms with E-state index in [1.165, 1.54) is 27.2 Å². The van der Waals surface area contributed by atoms with Gasteiger partial charge in [-0.3, -0.25) is 4.79 Å². The lowest BCUT2D eigenvalue weighted by molar-refractivity contribution is -0.147. The van der Waals surface area contributed by atoms with Gasteiger partial charge in [0.05, 0.1) is 14.2 Å². The highest BCUT2D eigenvalue weighted by Crippen LogP contribution is 2.25. The third kappa shape index (κ3) is 3.95.